The van der Waals surface area contributed by atoms with Gasteiger partial charge in [0.05, 0.1) is 6.54 Å². The van der Waals surface area contributed by atoms with Gasteiger partial charge >= 0.3 is 0 Å². The molecule has 2 fully saturated rings. The van der Waals surface area contributed by atoms with E-state index in [1.165, 1.54) is 0 Å². The summed E-state index contributed by atoms with van der Waals surface area (Å²) in [7, 11) is 0. The minimum atomic E-state index is -0.00530. The highest BCUT2D eigenvalue weighted by Gasteiger charge is 2.31. The van der Waals surface area contributed by atoms with E-state index in [2.05, 4.69) is 27.3 Å². The molecule has 0 aliphatic carbocycles. The number of rotatable bonds is 3. The van der Waals surface area contributed by atoms with Gasteiger partial charge in [0, 0.05) is 32.8 Å². The highest BCUT2D eigenvalue weighted by molar-refractivity contribution is 4.94. The number of nitrogens with zero attached hydrogens (tertiary/aromatic N) is 3. The molecule has 2 atom stereocenters. The Bertz CT molecular complexity index is 389. The first kappa shape index (κ1) is 12.1. The predicted octanol–water partition coefficient (Wildman–Crippen LogP) is 0.572. The molecule has 2 aliphatic heterocycles. The summed E-state index contributed by atoms with van der Waals surface area (Å²) in [6.07, 6.45) is 1.06. The van der Waals surface area contributed by atoms with Crippen molar-refractivity contribution in [3.63, 3.8) is 0 Å². The Morgan fingerprint density at radius 1 is 1.39 bits per heavy atom. The standard InChI is InChI=1S/C12H20N4O2/c1-9-2-7-17-11(9)12-14-10(15-18-12)8-16-5-3-13-4-6-16/h9,11,13H,2-8H2,1H3. The third kappa shape index (κ3) is 2.55. The second-order valence-corrected chi connectivity index (χ2v) is 5.13. The van der Waals surface area contributed by atoms with E-state index < -0.39 is 0 Å². The molecule has 3 rings (SSSR count). The molecular formula is C12H20N4O2. The van der Waals surface area contributed by atoms with E-state index in [0.717, 1.165) is 51.6 Å². The predicted molar refractivity (Wildman–Crippen MR) is 64.9 cm³/mol. The minimum Gasteiger partial charge on any atom is -0.368 e. The molecule has 100 valence electrons. The lowest BCUT2D eigenvalue weighted by atomic mass is 10.0. The van der Waals surface area contributed by atoms with Crippen LogP contribution in [0.1, 0.15) is 31.2 Å². The van der Waals surface area contributed by atoms with Gasteiger partial charge in [-0.15, -0.1) is 0 Å². The van der Waals surface area contributed by atoms with Crippen molar-refractivity contribution in [2.45, 2.75) is 26.0 Å². The van der Waals surface area contributed by atoms with Crippen molar-refractivity contribution in [1.29, 1.82) is 0 Å². The molecule has 1 N–H and O–H groups in total. The zero-order valence-corrected chi connectivity index (χ0v) is 10.8. The van der Waals surface area contributed by atoms with Crippen LogP contribution in [0, 0.1) is 5.92 Å². The average molecular weight is 252 g/mol. The van der Waals surface area contributed by atoms with Crippen LogP contribution in [0.25, 0.3) is 0 Å². The van der Waals surface area contributed by atoms with Gasteiger partial charge in [0.1, 0.15) is 6.10 Å². The van der Waals surface area contributed by atoms with Gasteiger partial charge in [-0.25, -0.2) is 0 Å². The number of aromatic nitrogens is 2. The average Bonchev–Trinajstić information content (AvgIpc) is 2.99. The first-order chi connectivity index (χ1) is 8.83. The number of hydrogen-bond donors (Lipinski definition) is 1. The number of nitrogens with one attached hydrogen (secondary N) is 1. The lowest BCUT2D eigenvalue weighted by molar-refractivity contribution is 0.0661. The van der Waals surface area contributed by atoms with Crippen molar-refractivity contribution < 1.29 is 9.26 Å². The van der Waals surface area contributed by atoms with Crippen LogP contribution in [0.5, 0.6) is 0 Å². The molecule has 2 saturated heterocycles. The molecule has 1 aromatic rings. The molecule has 0 bridgehead atoms. The summed E-state index contributed by atoms with van der Waals surface area (Å²) < 4.78 is 11.0. The second-order valence-electron chi connectivity index (χ2n) is 5.13. The molecule has 1 aromatic heterocycles. The maximum atomic E-state index is 5.63. The molecule has 0 radical (unpaired) electrons. The van der Waals surface area contributed by atoms with Gasteiger partial charge in [-0.05, 0) is 12.3 Å². The van der Waals surface area contributed by atoms with E-state index in [9.17, 15) is 0 Å². The Morgan fingerprint density at radius 2 is 2.22 bits per heavy atom. The van der Waals surface area contributed by atoms with Gasteiger partial charge in [0.2, 0.25) is 0 Å². The molecule has 0 saturated carbocycles. The lowest BCUT2D eigenvalue weighted by Gasteiger charge is -2.25. The van der Waals surface area contributed by atoms with Crippen LogP contribution >= 0.6 is 0 Å². The van der Waals surface area contributed by atoms with E-state index in [1.54, 1.807) is 0 Å². The fourth-order valence-electron chi connectivity index (χ4n) is 2.53. The van der Waals surface area contributed by atoms with Gasteiger partial charge in [-0.2, -0.15) is 4.98 Å². The summed E-state index contributed by atoms with van der Waals surface area (Å²) in [4.78, 5) is 6.81. The Hall–Kier alpha value is -0.980. The van der Waals surface area contributed by atoms with Crippen molar-refractivity contribution in [2.24, 2.45) is 5.92 Å². The van der Waals surface area contributed by atoms with Crippen LogP contribution in [-0.2, 0) is 11.3 Å². The van der Waals surface area contributed by atoms with Gasteiger partial charge < -0.3 is 14.6 Å². The zero-order chi connectivity index (χ0) is 12.4. The van der Waals surface area contributed by atoms with E-state index in [0.29, 0.717) is 11.8 Å². The number of piperazine rings is 1. The van der Waals surface area contributed by atoms with Crippen LogP contribution in [0.2, 0.25) is 0 Å². The van der Waals surface area contributed by atoms with E-state index in [4.69, 9.17) is 9.26 Å². The summed E-state index contributed by atoms with van der Waals surface area (Å²) in [6.45, 7) is 7.88. The molecule has 6 heteroatoms. The molecule has 2 unspecified atom stereocenters. The van der Waals surface area contributed by atoms with Gasteiger partial charge in [0.25, 0.3) is 5.89 Å². The van der Waals surface area contributed by atoms with Crippen molar-refractivity contribution in [3.8, 4) is 0 Å². The van der Waals surface area contributed by atoms with Crippen LogP contribution < -0.4 is 5.32 Å². The summed E-state index contributed by atoms with van der Waals surface area (Å²) >= 11 is 0. The van der Waals surface area contributed by atoms with Crippen molar-refractivity contribution in [1.82, 2.24) is 20.4 Å². The maximum absolute atomic E-state index is 5.63. The van der Waals surface area contributed by atoms with Gasteiger partial charge in [-0.3, -0.25) is 4.90 Å². The fraction of sp³-hybridized carbons (Fsp3) is 0.833. The number of ether oxygens (including phenoxy) is 1. The molecule has 2 aliphatic rings. The SMILES string of the molecule is CC1CCOC1c1nc(CN2CCNCC2)no1. The Labute approximate surface area is 107 Å². The molecule has 0 amide bonds. The highest BCUT2D eigenvalue weighted by atomic mass is 16.5. The Kier molecular flexibility index (Phi) is 3.58. The van der Waals surface area contributed by atoms with Gasteiger partial charge in [0.15, 0.2) is 5.82 Å². The molecule has 6 nitrogen and oxygen atoms in total. The minimum absolute atomic E-state index is 0.00530. The molecular weight excluding hydrogens is 232 g/mol. The van der Waals surface area contributed by atoms with Crippen LogP contribution in [-0.4, -0.2) is 47.8 Å². The first-order valence-corrected chi connectivity index (χ1v) is 6.70. The fourth-order valence-corrected chi connectivity index (χ4v) is 2.53. The highest BCUT2D eigenvalue weighted by Crippen LogP contribution is 2.32. The molecule has 0 spiro atoms. The second kappa shape index (κ2) is 5.34. The van der Waals surface area contributed by atoms with Crippen molar-refractivity contribution >= 4 is 0 Å². The van der Waals surface area contributed by atoms with Crippen molar-refractivity contribution in [2.75, 3.05) is 32.8 Å². The zero-order valence-electron chi connectivity index (χ0n) is 10.8. The molecule has 3 heterocycles. The summed E-state index contributed by atoms with van der Waals surface area (Å²) in [5, 5.41) is 7.39. The van der Waals surface area contributed by atoms with Gasteiger partial charge in [-0.1, -0.05) is 12.1 Å². The smallest absolute Gasteiger partial charge is 0.256 e. The topological polar surface area (TPSA) is 63.4 Å². The molecule has 18 heavy (non-hydrogen) atoms. The van der Waals surface area contributed by atoms with Crippen LogP contribution in [0.4, 0.5) is 0 Å². The Balaban J connectivity index is 1.62. The van der Waals surface area contributed by atoms with Crippen LogP contribution in [0.3, 0.4) is 0 Å². The monoisotopic (exact) mass is 252 g/mol. The summed E-state index contributed by atoms with van der Waals surface area (Å²) in [5.74, 6) is 1.89. The summed E-state index contributed by atoms with van der Waals surface area (Å²) in [5.41, 5.74) is 0. The third-order valence-corrected chi connectivity index (χ3v) is 3.69. The van der Waals surface area contributed by atoms with E-state index in [-0.39, 0.29) is 6.10 Å². The third-order valence-electron chi connectivity index (χ3n) is 3.69. The molecule has 0 aromatic carbocycles. The number of hydrogen-bond acceptors (Lipinski definition) is 6. The summed E-state index contributed by atoms with van der Waals surface area (Å²) in [6, 6.07) is 0. The van der Waals surface area contributed by atoms with Crippen molar-refractivity contribution in [3.05, 3.63) is 11.7 Å². The first-order valence-electron chi connectivity index (χ1n) is 6.70. The Morgan fingerprint density at radius 3 is 2.94 bits per heavy atom. The quantitative estimate of drug-likeness (QED) is 0.848. The normalized spacial score (nSPS) is 29.8. The lowest BCUT2D eigenvalue weighted by Crippen LogP contribution is -2.43. The van der Waals surface area contributed by atoms with E-state index in [1.807, 2.05) is 0 Å². The van der Waals surface area contributed by atoms with E-state index >= 15 is 0 Å². The van der Waals surface area contributed by atoms with Crippen LogP contribution in [0.15, 0.2) is 4.52 Å². The largest absolute Gasteiger partial charge is 0.368 e. The maximum Gasteiger partial charge on any atom is 0.256 e.